The highest BCUT2D eigenvalue weighted by atomic mass is 28.3. The zero-order chi connectivity index (χ0) is 7.49. The van der Waals surface area contributed by atoms with Crippen LogP contribution in [-0.4, -0.2) is 8.07 Å². The predicted molar refractivity (Wildman–Crippen MR) is 47.4 cm³/mol. The highest BCUT2D eigenvalue weighted by Gasteiger charge is 2.19. The normalized spacial score (nSPS) is 11.6. The Bertz CT molecular complexity index is 103. The monoisotopic (exact) mass is 142 g/mol. The molecule has 0 fully saturated rings. The first kappa shape index (κ1) is 8.96. The summed E-state index contributed by atoms with van der Waals surface area (Å²) in [6.45, 7) is 13.2. The minimum atomic E-state index is -0.975. The van der Waals surface area contributed by atoms with Crippen LogP contribution in [0.1, 0.15) is 20.3 Å². The van der Waals surface area contributed by atoms with E-state index in [-0.39, 0.29) is 0 Å². The van der Waals surface area contributed by atoms with Crippen molar-refractivity contribution in [3.8, 4) is 0 Å². The smallest absolute Gasteiger partial charge is 0.0743 e. The molecular weight excluding hydrogens is 124 g/mol. The molecule has 54 valence electrons. The quantitative estimate of drug-likeness (QED) is 0.531. The second-order valence-corrected chi connectivity index (χ2v) is 8.54. The molecule has 1 heteroatoms. The summed E-state index contributed by atoms with van der Waals surface area (Å²) in [4.78, 5) is 0. The lowest BCUT2D eigenvalue weighted by atomic mass is 10.6. The van der Waals surface area contributed by atoms with Gasteiger partial charge in [-0.25, -0.2) is 0 Å². The number of hydrogen-bond donors (Lipinski definition) is 0. The van der Waals surface area contributed by atoms with E-state index in [0.29, 0.717) is 0 Å². The molecule has 0 aliphatic heterocycles. The van der Waals surface area contributed by atoms with Crippen LogP contribution >= 0.6 is 0 Å². The first-order valence-corrected chi connectivity index (χ1v) is 6.87. The van der Waals surface area contributed by atoms with Gasteiger partial charge in [-0.2, -0.15) is 0 Å². The zero-order valence-corrected chi connectivity index (χ0v) is 8.12. The lowest BCUT2D eigenvalue weighted by Crippen LogP contribution is -2.26. The second kappa shape index (κ2) is 3.21. The van der Waals surface area contributed by atoms with Crippen LogP contribution in [0.15, 0.2) is 11.8 Å². The van der Waals surface area contributed by atoms with Crippen LogP contribution in [-0.2, 0) is 0 Å². The highest BCUT2D eigenvalue weighted by molar-refractivity contribution is 6.84. The molecule has 0 unspecified atom stereocenters. The second-order valence-electron chi connectivity index (χ2n) is 3.41. The Balaban J connectivity index is 3.85. The summed E-state index contributed by atoms with van der Waals surface area (Å²) >= 11 is 0. The van der Waals surface area contributed by atoms with Crippen molar-refractivity contribution in [2.45, 2.75) is 39.4 Å². The van der Waals surface area contributed by atoms with Gasteiger partial charge < -0.3 is 0 Å². The molecule has 0 spiro atoms. The van der Waals surface area contributed by atoms with Gasteiger partial charge in [-0.1, -0.05) is 37.7 Å². The van der Waals surface area contributed by atoms with Crippen molar-refractivity contribution in [1.29, 1.82) is 0 Å². The summed E-state index contributed by atoms with van der Waals surface area (Å²) in [6.07, 6.45) is 1.31. The number of rotatable bonds is 3. The predicted octanol–water partition coefficient (Wildman–Crippen LogP) is 3.22. The summed E-state index contributed by atoms with van der Waals surface area (Å²) < 4.78 is 0. The van der Waals surface area contributed by atoms with Gasteiger partial charge in [0.25, 0.3) is 0 Å². The molecule has 0 N–H and O–H groups in total. The maximum atomic E-state index is 4.01. The molecule has 0 aromatic heterocycles. The van der Waals surface area contributed by atoms with Crippen LogP contribution in [0.5, 0.6) is 0 Å². The maximum absolute atomic E-state index is 4.01. The van der Waals surface area contributed by atoms with Gasteiger partial charge in [0, 0.05) is 0 Å². The lowest BCUT2D eigenvalue weighted by molar-refractivity contribution is 1.05. The van der Waals surface area contributed by atoms with Crippen LogP contribution in [0, 0.1) is 0 Å². The molecule has 0 heterocycles. The molecule has 0 amide bonds. The van der Waals surface area contributed by atoms with Gasteiger partial charge in [-0.05, 0) is 6.92 Å². The van der Waals surface area contributed by atoms with Crippen molar-refractivity contribution in [1.82, 2.24) is 0 Å². The molecule has 0 aromatic carbocycles. The zero-order valence-electron chi connectivity index (χ0n) is 7.12. The van der Waals surface area contributed by atoms with Gasteiger partial charge in [0.1, 0.15) is 0 Å². The van der Waals surface area contributed by atoms with Gasteiger partial charge in [0.2, 0.25) is 0 Å². The third-order valence-corrected chi connectivity index (χ3v) is 6.09. The van der Waals surface area contributed by atoms with Crippen LogP contribution in [0.25, 0.3) is 0 Å². The van der Waals surface area contributed by atoms with Crippen molar-refractivity contribution in [2.75, 3.05) is 0 Å². The minimum Gasteiger partial charge on any atom is -0.104 e. The van der Waals surface area contributed by atoms with Crippen molar-refractivity contribution in [3.05, 3.63) is 11.8 Å². The molecule has 9 heavy (non-hydrogen) atoms. The van der Waals surface area contributed by atoms with Gasteiger partial charge in [-0.15, -0.1) is 6.58 Å². The third kappa shape index (κ3) is 2.85. The van der Waals surface area contributed by atoms with Crippen LogP contribution in [0.3, 0.4) is 0 Å². The summed E-state index contributed by atoms with van der Waals surface area (Å²) in [5.41, 5.74) is 0. The van der Waals surface area contributed by atoms with E-state index in [1.807, 2.05) is 0 Å². The first-order valence-electron chi connectivity index (χ1n) is 3.66. The van der Waals surface area contributed by atoms with E-state index in [9.17, 15) is 0 Å². The Labute approximate surface area is 60.0 Å². The number of allylic oxidation sites excluding steroid dienone is 1. The van der Waals surface area contributed by atoms with E-state index >= 15 is 0 Å². The van der Waals surface area contributed by atoms with Crippen LogP contribution in [0.4, 0.5) is 0 Å². The Morgan fingerprint density at radius 3 is 2.00 bits per heavy atom. The van der Waals surface area contributed by atoms with Crippen molar-refractivity contribution >= 4 is 8.07 Å². The Morgan fingerprint density at radius 2 is 1.89 bits per heavy atom. The molecule has 0 aromatic rings. The molecule has 0 saturated carbocycles. The van der Waals surface area contributed by atoms with Crippen molar-refractivity contribution in [3.63, 3.8) is 0 Å². The van der Waals surface area contributed by atoms with E-state index in [1.165, 1.54) is 17.7 Å². The molecule has 0 atom stereocenters. The van der Waals surface area contributed by atoms with Crippen LogP contribution in [0.2, 0.25) is 19.1 Å². The molecule has 0 saturated heterocycles. The fourth-order valence-corrected chi connectivity index (χ4v) is 2.52. The molecule has 0 nitrogen and oxygen atoms in total. The molecule has 0 bridgehead atoms. The van der Waals surface area contributed by atoms with Crippen molar-refractivity contribution < 1.29 is 0 Å². The van der Waals surface area contributed by atoms with E-state index in [1.54, 1.807) is 0 Å². The first-order chi connectivity index (χ1) is 4.00. The van der Waals surface area contributed by atoms with Crippen LogP contribution < -0.4 is 0 Å². The van der Waals surface area contributed by atoms with Crippen molar-refractivity contribution in [2.24, 2.45) is 0 Å². The molecule has 0 aliphatic rings. The lowest BCUT2D eigenvalue weighted by Gasteiger charge is -2.21. The van der Waals surface area contributed by atoms with Gasteiger partial charge >= 0.3 is 0 Å². The SMILES string of the molecule is C=C(C)[Si](C)(C)CCC. The standard InChI is InChI=1S/C8H18Si/c1-6-7-9(4,5)8(2)3/h2,6-7H2,1,3-5H3. The third-order valence-electron chi connectivity index (χ3n) is 2.03. The summed E-state index contributed by atoms with van der Waals surface area (Å²) in [6, 6.07) is 1.39. The molecule has 0 aliphatic carbocycles. The minimum absolute atomic E-state index is 0.975. The van der Waals surface area contributed by atoms with E-state index < -0.39 is 8.07 Å². The summed E-state index contributed by atoms with van der Waals surface area (Å²) in [7, 11) is -0.975. The molecule has 0 radical (unpaired) electrons. The van der Waals surface area contributed by atoms with E-state index in [2.05, 4.69) is 33.5 Å². The Morgan fingerprint density at radius 1 is 1.44 bits per heavy atom. The topological polar surface area (TPSA) is 0 Å². The van der Waals surface area contributed by atoms with Gasteiger partial charge in [0.15, 0.2) is 0 Å². The Kier molecular flexibility index (Phi) is 3.19. The van der Waals surface area contributed by atoms with E-state index in [0.717, 1.165) is 0 Å². The maximum Gasteiger partial charge on any atom is 0.0743 e. The summed E-state index contributed by atoms with van der Waals surface area (Å²) in [5.74, 6) is 0. The Hall–Kier alpha value is -0.0431. The fourth-order valence-electron chi connectivity index (χ4n) is 0.838. The fraction of sp³-hybridized carbons (Fsp3) is 0.750. The average molecular weight is 142 g/mol. The number of hydrogen-bond acceptors (Lipinski definition) is 0. The van der Waals surface area contributed by atoms with Gasteiger partial charge in [0.05, 0.1) is 8.07 Å². The highest BCUT2D eigenvalue weighted by Crippen LogP contribution is 2.18. The molecule has 0 rings (SSSR count). The summed E-state index contributed by atoms with van der Waals surface area (Å²) in [5, 5.41) is 1.43. The average Bonchev–Trinajstić information content (AvgIpc) is 1.65. The largest absolute Gasteiger partial charge is 0.104 e. The van der Waals surface area contributed by atoms with Gasteiger partial charge in [-0.3, -0.25) is 0 Å². The molecular formula is C8H18Si. The van der Waals surface area contributed by atoms with E-state index in [4.69, 9.17) is 0 Å².